The first-order valence-corrected chi connectivity index (χ1v) is 7.70. The quantitative estimate of drug-likeness (QED) is 0.709. The molecule has 2 aromatic rings. The van der Waals surface area contributed by atoms with E-state index in [0.717, 1.165) is 12.1 Å². The number of benzene rings is 2. The number of amides is 3. The minimum atomic E-state index is -1.01. The van der Waals surface area contributed by atoms with Gasteiger partial charge in [-0.05, 0) is 42.5 Å². The Morgan fingerprint density at radius 2 is 1.48 bits per heavy atom. The fraction of sp³-hybridized carbons (Fsp3) is 0.0625. The van der Waals surface area contributed by atoms with Gasteiger partial charge in [-0.2, -0.15) is 0 Å². The molecule has 0 spiro atoms. The Bertz CT molecular complexity index is 813. The molecule has 9 heteroatoms. The van der Waals surface area contributed by atoms with Gasteiger partial charge in [-0.3, -0.25) is 14.4 Å². The van der Waals surface area contributed by atoms with Crippen molar-refractivity contribution >= 4 is 52.3 Å². The maximum Gasteiger partial charge on any atom is 0.313 e. The summed E-state index contributed by atoms with van der Waals surface area (Å²) in [6.45, 7) is -0.421. The van der Waals surface area contributed by atoms with E-state index in [1.54, 1.807) is 0 Å². The number of hydrogen-bond donors (Lipinski definition) is 3. The molecule has 0 fully saturated rings. The van der Waals surface area contributed by atoms with Crippen molar-refractivity contribution in [2.45, 2.75) is 0 Å². The number of nitrogens with one attached hydrogen (secondary N) is 3. The maximum absolute atomic E-state index is 12.8. The van der Waals surface area contributed by atoms with E-state index in [-0.39, 0.29) is 10.7 Å². The normalized spacial score (nSPS) is 10.0. The van der Waals surface area contributed by atoms with Gasteiger partial charge < -0.3 is 16.0 Å². The van der Waals surface area contributed by atoms with Crippen molar-refractivity contribution < 1.29 is 18.8 Å². The van der Waals surface area contributed by atoms with Crippen LogP contribution >= 0.6 is 23.2 Å². The molecular weight excluding hydrogens is 372 g/mol. The summed E-state index contributed by atoms with van der Waals surface area (Å²) in [5.74, 6) is -3.01. The van der Waals surface area contributed by atoms with Crippen molar-refractivity contribution in [1.82, 2.24) is 5.32 Å². The van der Waals surface area contributed by atoms with Gasteiger partial charge in [0.05, 0.1) is 16.6 Å². The molecular formula is C16H12Cl2FN3O3. The van der Waals surface area contributed by atoms with Crippen LogP contribution in [0.2, 0.25) is 10.0 Å². The molecule has 0 unspecified atom stereocenters. The Labute approximate surface area is 152 Å². The minimum absolute atomic E-state index is 0.252. The maximum atomic E-state index is 12.8. The van der Waals surface area contributed by atoms with E-state index in [9.17, 15) is 18.8 Å². The Balaban J connectivity index is 1.81. The Morgan fingerprint density at radius 1 is 0.840 bits per heavy atom. The van der Waals surface area contributed by atoms with E-state index in [0.29, 0.717) is 10.7 Å². The highest BCUT2D eigenvalue weighted by Gasteiger charge is 2.15. The van der Waals surface area contributed by atoms with Gasteiger partial charge in [0.15, 0.2) is 0 Å². The second-order valence-corrected chi connectivity index (χ2v) is 5.64. The summed E-state index contributed by atoms with van der Waals surface area (Å²) in [5.41, 5.74) is 0.645. The van der Waals surface area contributed by atoms with Crippen LogP contribution in [0.25, 0.3) is 0 Å². The van der Waals surface area contributed by atoms with Gasteiger partial charge in [-0.25, -0.2) is 4.39 Å². The largest absolute Gasteiger partial charge is 0.339 e. The van der Waals surface area contributed by atoms with Gasteiger partial charge in [-0.1, -0.05) is 23.2 Å². The molecule has 3 N–H and O–H groups in total. The lowest BCUT2D eigenvalue weighted by Crippen LogP contribution is -2.39. The number of carbonyl (C=O) groups excluding carboxylic acids is 3. The summed E-state index contributed by atoms with van der Waals surface area (Å²) in [7, 11) is 0. The second-order valence-electron chi connectivity index (χ2n) is 4.82. The summed E-state index contributed by atoms with van der Waals surface area (Å²) in [4.78, 5) is 35.1. The molecule has 0 radical (unpaired) electrons. The molecule has 25 heavy (non-hydrogen) atoms. The lowest BCUT2D eigenvalue weighted by Gasteiger charge is -2.08. The lowest BCUT2D eigenvalue weighted by atomic mass is 10.3. The molecule has 2 aromatic carbocycles. The summed E-state index contributed by atoms with van der Waals surface area (Å²) in [6.07, 6.45) is 0. The third kappa shape index (κ3) is 5.74. The van der Waals surface area contributed by atoms with Gasteiger partial charge in [-0.15, -0.1) is 0 Å². The predicted molar refractivity (Wildman–Crippen MR) is 93.1 cm³/mol. The number of rotatable bonds is 4. The Morgan fingerprint density at radius 3 is 2.12 bits per heavy atom. The summed E-state index contributed by atoms with van der Waals surface area (Å²) >= 11 is 11.6. The Kier molecular flexibility index (Phi) is 6.32. The first kappa shape index (κ1) is 18.7. The van der Waals surface area contributed by atoms with E-state index >= 15 is 0 Å². The van der Waals surface area contributed by atoms with Crippen LogP contribution < -0.4 is 16.0 Å². The van der Waals surface area contributed by atoms with E-state index in [1.165, 1.54) is 30.3 Å². The molecule has 6 nitrogen and oxygen atoms in total. The first-order valence-electron chi connectivity index (χ1n) is 6.95. The van der Waals surface area contributed by atoms with Crippen molar-refractivity contribution in [3.05, 3.63) is 58.3 Å². The molecule has 0 saturated carbocycles. The van der Waals surface area contributed by atoms with Crippen molar-refractivity contribution in [3.63, 3.8) is 0 Å². The van der Waals surface area contributed by atoms with Crippen molar-refractivity contribution in [2.24, 2.45) is 0 Å². The highest BCUT2D eigenvalue weighted by atomic mass is 35.5. The van der Waals surface area contributed by atoms with E-state index < -0.39 is 30.1 Å². The van der Waals surface area contributed by atoms with Crippen LogP contribution in [0.1, 0.15) is 0 Å². The first-order chi connectivity index (χ1) is 11.8. The third-order valence-corrected chi connectivity index (χ3v) is 3.66. The zero-order valence-corrected chi connectivity index (χ0v) is 14.1. The van der Waals surface area contributed by atoms with Crippen LogP contribution in [0.4, 0.5) is 15.8 Å². The topological polar surface area (TPSA) is 87.3 Å². The van der Waals surface area contributed by atoms with Gasteiger partial charge >= 0.3 is 11.8 Å². The lowest BCUT2D eigenvalue weighted by molar-refractivity contribution is -0.136. The fourth-order valence-electron chi connectivity index (χ4n) is 1.74. The number of carbonyl (C=O) groups is 3. The van der Waals surface area contributed by atoms with Crippen LogP contribution in [0.3, 0.4) is 0 Å². The van der Waals surface area contributed by atoms with Crippen LogP contribution in [0, 0.1) is 5.82 Å². The molecule has 0 bridgehead atoms. The Hall–Kier alpha value is -2.64. The van der Waals surface area contributed by atoms with Crippen molar-refractivity contribution in [1.29, 1.82) is 0 Å². The molecule has 0 atom stereocenters. The average molecular weight is 384 g/mol. The van der Waals surface area contributed by atoms with Crippen LogP contribution in [0.15, 0.2) is 42.5 Å². The van der Waals surface area contributed by atoms with Gasteiger partial charge in [0.1, 0.15) is 5.82 Å². The molecule has 0 heterocycles. The molecule has 0 aliphatic carbocycles. The predicted octanol–water partition coefficient (Wildman–Crippen LogP) is 2.83. The van der Waals surface area contributed by atoms with E-state index in [1.807, 2.05) is 0 Å². The highest BCUT2D eigenvalue weighted by Crippen LogP contribution is 2.24. The zero-order chi connectivity index (χ0) is 18.4. The third-order valence-electron chi connectivity index (χ3n) is 2.92. The molecule has 2 rings (SSSR count). The molecule has 0 aliphatic heterocycles. The minimum Gasteiger partial charge on any atom is -0.339 e. The summed E-state index contributed by atoms with van der Waals surface area (Å²) < 4.78 is 12.8. The van der Waals surface area contributed by atoms with Gasteiger partial charge in [0, 0.05) is 11.4 Å². The highest BCUT2D eigenvalue weighted by molar-refractivity contribution is 6.42. The SMILES string of the molecule is O=C(CNC(=O)C(=O)Nc1ccc(F)cc1)Nc1ccc(Cl)c(Cl)c1. The number of hydrogen-bond acceptors (Lipinski definition) is 3. The van der Waals surface area contributed by atoms with Crippen molar-refractivity contribution in [3.8, 4) is 0 Å². The average Bonchev–Trinajstić information content (AvgIpc) is 2.58. The zero-order valence-electron chi connectivity index (χ0n) is 12.6. The molecule has 0 aliphatic rings. The summed E-state index contributed by atoms with van der Waals surface area (Å²) in [5, 5.41) is 7.53. The molecule has 3 amide bonds. The van der Waals surface area contributed by atoms with Crippen LogP contribution in [-0.4, -0.2) is 24.3 Å². The molecule has 0 aromatic heterocycles. The monoisotopic (exact) mass is 383 g/mol. The fourth-order valence-corrected chi connectivity index (χ4v) is 2.04. The smallest absolute Gasteiger partial charge is 0.313 e. The molecule has 0 saturated heterocycles. The second kappa shape index (κ2) is 8.46. The summed E-state index contributed by atoms with van der Waals surface area (Å²) in [6, 6.07) is 9.37. The van der Waals surface area contributed by atoms with Gasteiger partial charge in [0.25, 0.3) is 0 Å². The van der Waals surface area contributed by atoms with E-state index in [2.05, 4.69) is 16.0 Å². The van der Waals surface area contributed by atoms with Crippen LogP contribution in [-0.2, 0) is 14.4 Å². The molecule has 130 valence electrons. The number of halogens is 3. The van der Waals surface area contributed by atoms with Crippen molar-refractivity contribution in [2.75, 3.05) is 17.2 Å². The number of anilines is 2. The van der Waals surface area contributed by atoms with E-state index in [4.69, 9.17) is 23.2 Å². The van der Waals surface area contributed by atoms with Gasteiger partial charge in [0.2, 0.25) is 5.91 Å². The van der Waals surface area contributed by atoms with Crippen LogP contribution in [0.5, 0.6) is 0 Å². The standard InChI is InChI=1S/C16H12Cl2FN3O3/c17-12-6-5-11(7-13(12)18)21-14(23)8-20-15(24)16(25)22-10-3-1-9(19)2-4-10/h1-7H,8H2,(H,20,24)(H,21,23)(H,22,25).